The SMILES string of the molecule is CC(=O)c1ccc2c(c1)nc(Cc1ccccc1)n2CCC(=O)O. The van der Waals surface area contributed by atoms with Crippen molar-refractivity contribution in [2.24, 2.45) is 0 Å². The van der Waals surface area contributed by atoms with Gasteiger partial charge in [0.15, 0.2) is 5.78 Å². The first-order valence-electron chi connectivity index (χ1n) is 7.80. The number of hydrogen-bond donors (Lipinski definition) is 1. The largest absolute Gasteiger partial charge is 0.481 e. The standard InChI is InChI=1S/C19H18N2O3/c1-13(22)15-7-8-17-16(12-15)20-18(21(17)10-9-19(23)24)11-14-5-3-2-4-6-14/h2-8,12H,9-11H2,1H3,(H,23,24). The number of carboxylic acids is 1. The highest BCUT2D eigenvalue weighted by atomic mass is 16.4. The highest BCUT2D eigenvalue weighted by molar-refractivity contribution is 5.97. The quantitative estimate of drug-likeness (QED) is 0.707. The molecule has 5 heteroatoms. The molecule has 0 spiro atoms. The summed E-state index contributed by atoms with van der Waals surface area (Å²) >= 11 is 0. The maximum absolute atomic E-state index is 11.6. The molecule has 3 rings (SSSR count). The number of aryl methyl sites for hydroxylation is 1. The van der Waals surface area contributed by atoms with Crippen molar-refractivity contribution in [1.29, 1.82) is 0 Å². The minimum absolute atomic E-state index is 0.0124. The number of fused-ring (bicyclic) bond motifs is 1. The third kappa shape index (κ3) is 3.35. The second-order valence-corrected chi connectivity index (χ2v) is 5.75. The number of Topliss-reactive ketones (excluding diaryl/α,β-unsaturated/α-hetero) is 1. The predicted octanol–water partition coefficient (Wildman–Crippen LogP) is 3.30. The van der Waals surface area contributed by atoms with Crippen LogP contribution in [0.1, 0.15) is 35.1 Å². The van der Waals surface area contributed by atoms with E-state index in [1.54, 1.807) is 12.1 Å². The van der Waals surface area contributed by atoms with Crippen molar-refractivity contribution < 1.29 is 14.7 Å². The average molecular weight is 322 g/mol. The van der Waals surface area contributed by atoms with Gasteiger partial charge in [-0.3, -0.25) is 9.59 Å². The van der Waals surface area contributed by atoms with Crippen LogP contribution in [0.5, 0.6) is 0 Å². The van der Waals surface area contributed by atoms with Crippen LogP contribution in [0, 0.1) is 0 Å². The minimum atomic E-state index is -0.845. The third-order valence-corrected chi connectivity index (χ3v) is 3.99. The Hall–Kier alpha value is -2.95. The van der Waals surface area contributed by atoms with Crippen LogP contribution in [0.25, 0.3) is 11.0 Å². The lowest BCUT2D eigenvalue weighted by Crippen LogP contribution is -2.08. The first kappa shape index (κ1) is 15.9. The first-order valence-corrected chi connectivity index (χ1v) is 7.80. The molecular weight excluding hydrogens is 304 g/mol. The molecule has 122 valence electrons. The van der Waals surface area contributed by atoms with Crippen molar-refractivity contribution in [3.63, 3.8) is 0 Å². The summed E-state index contributed by atoms with van der Waals surface area (Å²) in [5.41, 5.74) is 3.29. The summed E-state index contributed by atoms with van der Waals surface area (Å²) in [6, 6.07) is 15.3. The normalized spacial score (nSPS) is 10.9. The molecule has 1 heterocycles. The number of rotatable bonds is 6. The van der Waals surface area contributed by atoms with E-state index in [0.29, 0.717) is 18.5 Å². The Morgan fingerprint density at radius 1 is 1.12 bits per heavy atom. The number of nitrogens with zero attached hydrogens (tertiary/aromatic N) is 2. The van der Waals surface area contributed by atoms with Gasteiger partial charge in [0.25, 0.3) is 0 Å². The highest BCUT2D eigenvalue weighted by Gasteiger charge is 2.14. The molecule has 2 aromatic carbocycles. The van der Waals surface area contributed by atoms with Gasteiger partial charge in [0, 0.05) is 18.5 Å². The predicted molar refractivity (Wildman–Crippen MR) is 91.2 cm³/mol. The van der Waals surface area contributed by atoms with Crippen LogP contribution in [-0.2, 0) is 17.8 Å². The third-order valence-electron chi connectivity index (χ3n) is 3.99. The molecule has 0 saturated heterocycles. The lowest BCUT2D eigenvalue weighted by atomic mass is 10.1. The van der Waals surface area contributed by atoms with E-state index < -0.39 is 5.97 Å². The molecule has 0 atom stereocenters. The molecular formula is C19H18N2O3. The summed E-state index contributed by atoms with van der Waals surface area (Å²) < 4.78 is 1.93. The lowest BCUT2D eigenvalue weighted by molar-refractivity contribution is -0.137. The Morgan fingerprint density at radius 2 is 1.88 bits per heavy atom. The lowest BCUT2D eigenvalue weighted by Gasteiger charge is -2.08. The van der Waals surface area contributed by atoms with Crippen LogP contribution < -0.4 is 0 Å². The molecule has 0 saturated carbocycles. The van der Waals surface area contributed by atoms with Crippen LogP contribution in [0.15, 0.2) is 48.5 Å². The molecule has 1 N–H and O–H groups in total. The van der Waals surface area contributed by atoms with E-state index in [0.717, 1.165) is 22.4 Å². The van der Waals surface area contributed by atoms with Gasteiger partial charge in [0.05, 0.1) is 17.5 Å². The Bertz CT molecular complexity index is 898. The van der Waals surface area contributed by atoms with E-state index in [4.69, 9.17) is 5.11 Å². The van der Waals surface area contributed by atoms with E-state index in [1.165, 1.54) is 6.92 Å². The van der Waals surface area contributed by atoms with Crippen LogP contribution in [0.4, 0.5) is 0 Å². The molecule has 1 aromatic heterocycles. The Kier molecular flexibility index (Phi) is 4.42. The number of carbonyl (C=O) groups excluding carboxylic acids is 1. The van der Waals surface area contributed by atoms with Gasteiger partial charge < -0.3 is 9.67 Å². The number of benzene rings is 2. The van der Waals surface area contributed by atoms with Gasteiger partial charge in [-0.05, 0) is 30.7 Å². The van der Waals surface area contributed by atoms with E-state index in [-0.39, 0.29) is 12.2 Å². The molecule has 24 heavy (non-hydrogen) atoms. The number of hydrogen-bond acceptors (Lipinski definition) is 3. The van der Waals surface area contributed by atoms with Gasteiger partial charge in [-0.1, -0.05) is 30.3 Å². The Morgan fingerprint density at radius 3 is 2.54 bits per heavy atom. The number of carboxylic acid groups (broad SMARTS) is 1. The Labute approximate surface area is 139 Å². The summed E-state index contributed by atoms with van der Waals surface area (Å²) in [5, 5.41) is 9.00. The number of aliphatic carboxylic acids is 1. The first-order chi connectivity index (χ1) is 11.5. The summed E-state index contributed by atoms with van der Waals surface area (Å²) in [6.45, 7) is 1.88. The molecule has 3 aromatic rings. The second kappa shape index (κ2) is 6.66. The fraction of sp³-hybridized carbons (Fsp3) is 0.211. The summed E-state index contributed by atoms with van der Waals surface area (Å²) in [4.78, 5) is 27.2. The monoisotopic (exact) mass is 322 g/mol. The molecule has 0 amide bonds. The summed E-state index contributed by atoms with van der Waals surface area (Å²) in [5.74, 6) is -0.0531. The average Bonchev–Trinajstić information content (AvgIpc) is 2.90. The molecule has 0 bridgehead atoms. The van der Waals surface area contributed by atoms with Gasteiger partial charge >= 0.3 is 5.97 Å². The topological polar surface area (TPSA) is 72.2 Å². The molecule has 0 radical (unpaired) electrons. The zero-order valence-electron chi connectivity index (χ0n) is 13.4. The summed E-state index contributed by atoms with van der Waals surface area (Å²) in [7, 11) is 0. The fourth-order valence-corrected chi connectivity index (χ4v) is 2.77. The van der Waals surface area contributed by atoms with Crippen molar-refractivity contribution in [3.05, 3.63) is 65.5 Å². The molecule has 0 unspecified atom stereocenters. The maximum Gasteiger partial charge on any atom is 0.305 e. The number of carbonyl (C=O) groups is 2. The van der Waals surface area contributed by atoms with Gasteiger partial charge in [-0.15, -0.1) is 0 Å². The summed E-state index contributed by atoms with van der Waals surface area (Å²) in [6.07, 6.45) is 0.645. The zero-order valence-corrected chi connectivity index (χ0v) is 13.4. The van der Waals surface area contributed by atoms with Crippen molar-refractivity contribution >= 4 is 22.8 Å². The highest BCUT2D eigenvalue weighted by Crippen LogP contribution is 2.21. The van der Waals surface area contributed by atoms with Crippen molar-refractivity contribution in [1.82, 2.24) is 9.55 Å². The molecule has 0 aliphatic carbocycles. The van der Waals surface area contributed by atoms with Crippen molar-refractivity contribution in [2.75, 3.05) is 0 Å². The van der Waals surface area contributed by atoms with Gasteiger partial charge in [-0.2, -0.15) is 0 Å². The van der Waals surface area contributed by atoms with E-state index in [1.807, 2.05) is 41.0 Å². The second-order valence-electron chi connectivity index (χ2n) is 5.75. The van der Waals surface area contributed by atoms with Crippen LogP contribution >= 0.6 is 0 Å². The molecule has 0 fully saturated rings. The number of aromatic nitrogens is 2. The molecule has 5 nitrogen and oxygen atoms in total. The van der Waals surface area contributed by atoms with Crippen LogP contribution in [0.2, 0.25) is 0 Å². The van der Waals surface area contributed by atoms with Crippen molar-refractivity contribution in [3.8, 4) is 0 Å². The zero-order chi connectivity index (χ0) is 17.1. The minimum Gasteiger partial charge on any atom is -0.481 e. The van der Waals surface area contributed by atoms with Crippen LogP contribution in [0.3, 0.4) is 0 Å². The fourth-order valence-electron chi connectivity index (χ4n) is 2.77. The number of imidazole rings is 1. The van der Waals surface area contributed by atoms with Gasteiger partial charge in [-0.25, -0.2) is 4.98 Å². The van der Waals surface area contributed by atoms with Gasteiger partial charge in [0.2, 0.25) is 0 Å². The smallest absolute Gasteiger partial charge is 0.305 e. The van der Waals surface area contributed by atoms with E-state index in [2.05, 4.69) is 4.98 Å². The van der Waals surface area contributed by atoms with E-state index >= 15 is 0 Å². The maximum atomic E-state index is 11.6. The van der Waals surface area contributed by atoms with Crippen LogP contribution in [-0.4, -0.2) is 26.4 Å². The van der Waals surface area contributed by atoms with Crippen molar-refractivity contribution in [2.45, 2.75) is 26.3 Å². The molecule has 0 aliphatic heterocycles. The van der Waals surface area contributed by atoms with E-state index in [9.17, 15) is 9.59 Å². The van der Waals surface area contributed by atoms with Gasteiger partial charge in [0.1, 0.15) is 5.82 Å². The Balaban J connectivity index is 2.05. The number of ketones is 1. The molecule has 0 aliphatic rings.